The van der Waals surface area contributed by atoms with Gasteiger partial charge >= 0.3 is 0 Å². The van der Waals surface area contributed by atoms with Crippen LogP contribution < -0.4 is 14.4 Å². The Morgan fingerprint density at radius 2 is 1.69 bits per heavy atom. The van der Waals surface area contributed by atoms with Crippen LogP contribution in [0.1, 0.15) is 18.1 Å². The highest BCUT2D eigenvalue weighted by Crippen LogP contribution is 2.21. The molecular weight excluding hydrogens is 352 g/mol. The average molecular weight is 376 g/mol. The van der Waals surface area contributed by atoms with Crippen molar-refractivity contribution in [2.24, 2.45) is 0 Å². The van der Waals surface area contributed by atoms with Gasteiger partial charge in [0.2, 0.25) is 10.0 Å². The minimum Gasteiger partial charge on any atom is -0.481 e. The van der Waals surface area contributed by atoms with Gasteiger partial charge in [-0.05, 0) is 43.7 Å². The number of nitrogens with zero attached hydrogens (tertiary/aromatic N) is 1. The summed E-state index contributed by atoms with van der Waals surface area (Å²) < 4.78 is 29.9. The van der Waals surface area contributed by atoms with E-state index in [0.29, 0.717) is 18.0 Å². The molecular formula is C19H24N2O4S. The first-order chi connectivity index (χ1) is 12.2. The second-order valence-corrected chi connectivity index (χ2v) is 8.20. The molecule has 0 saturated carbocycles. The van der Waals surface area contributed by atoms with Gasteiger partial charge in [-0.25, -0.2) is 8.42 Å². The van der Waals surface area contributed by atoms with Crippen molar-refractivity contribution in [3.8, 4) is 5.75 Å². The molecule has 0 fully saturated rings. The number of nitrogens with one attached hydrogen (secondary N) is 1. The molecule has 0 aliphatic heterocycles. The van der Waals surface area contributed by atoms with Gasteiger partial charge in [0.25, 0.3) is 5.91 Å². The highest BCUT2D eigenvalue weighted by molar-refractivity contribution is 7.92. The number of aryl methyl sites for hydroxylation is 1. The Morgan fingerprint density at radius 1 is 1.12 bits per heavy atom. The summed E-state index contributed by atoms with van der Waals surface area (Å²) in [5.74, 6) is 0.275. The molecule has 0 aliphatic rings. The van der Waals surface area contributed by atoms with Crippen molar-refractivity contribution >= 4 is 21.6 Å². The number of sulfonamides is 1. The van der Waals surface area contributed by atoms with E-state index in [1.54, 1.807) is 31.2 Å². The van der Waals surface area contributed by atoms with Gasteiger partial charge in [-0.1, -0.05) is 29.8 Å². The van der Waals surface area contributed by atoms with Gasteiger partial charge in [0.1, 0.15) is 5.75 Å². The molecule has 0 spiro atoms. The molecule has 6 nitrogen and oxygen atoms in total. The SMILES string of the molecule is Cc1ccc(CNC(=O)C(C)Oc2ccc(N(C)S(C)(=O)=O)cc2)cc1. The van der Waals surface area contributed by atoms with Crippen molar-refractivity contribution in [1.29, 1.82) is 0 Å². The van der Waals surface area contributed by atoms with Gasteiger partial charge in [0.15, 0.2) is 6.10 Å². The van der Waals surface area contributed by atoms with Crippen molar-refractivity contribution in [3.63, 3.8) is 0 Å². The molecule has 0 heterocycles. The van der Waals surface area contributed by atoms with Crippen LogP contribution in [0.15, 0.2) is 48.5 Å². The van der Waals surface area contributed by atoms with E-state index in [1.807, 2.05) is 31.2 Å². The van der Waals surface area contributed by atoms with Gasteiger partial charge < -0.3 is 10.1 Å². The molecule has 0 radical (unpaired) electrons. The molecule has 2 aromatic carbocycles. The van der Waals surface area contributed by atoms with Crippen molar-refractivity contribution in [3.05, 3.63) is 59.7 Å². The first-order valence-corrected chi connectivity index (χ1v) is 10.1. The normalized spacial score (nSPS) is 12.3. The summed E-state index contributed by atoms with van der Waals surface area (Å²) in [5.41, 5.74) is 2.71. The Bertz CT molecular complexity index is 846. The maximum absolute atomic E-state index is 12.2. The lowest BCUT2D eigenvalue weighted by molar-refractivity contribution is -0.127. The first kappa shape index (κ1) is 19.8. The van der Waals surface area contributed by atoms with Gasteiger partial charge in [-0.15, -0.1) is 0 Å². The van der Waals surface area contributed by atoms with E-state index in [1.165, 1.54) is 16.9 Å². The zero-order valence-electron chi connectivity index (χ0n) is 15.4. The van der Waals surface area contributed by atoms with Crippen LogP contribution in [0.4, 0.5) is 5.69 Å². The maximum atomic E-state index is 12.2. The number of ether oxygens (including phenoxy) is 1. The Hall–Kier alpha value is -2.54. The van der Waals surface area contributed by atoms with E-state index in [-0.39, 0.29) is 5.91 Å². The average Bonchev–Trinajstić information content (AvgIpc) is 2.60. The predicted molar refractivity (Wildman–Crippen MR) is 103 cm³/mol. The van der Waals surface area contributed by atoms with Gasteiger partial charge in [0.05, 0.1) is 11.9 Å². The van der Waals surface area contributed by atoms with E-state index < -0.39 is 16.1 Å². The van der Waals surface area contributed by atoms with Crippen molar-refractivity contribution in [2.75, 3.05) is 17.6 Å². The highest BCUT2D eigenvalue weighted by Gasteiger charge is 2.15. The van der Waals surface area contributed by atoms with Gasteiger partial charge in [0, 0.05) is 13.6 Å². The van der Waals surface area contributed by atoms with Crippen LogP contribution in [0.2, 0.25) is 0 Å². The van der Waals surface area contributed by atoms with Crippen LogP contribution in [-0.4, -0.2) is 33.7 Å². The van der Waals surface area contributed by atoms with Crippen LogP contribution in [0.5, 0.6) is 5.75 Å². The second kappa shape index (κ2) is 8.23. The molecule has 7 heteroatoms. The molecule has 0 bridgehead atoms. The fourth-order valence-electron chi connectivity index (χ4n) is 2.22. The minimum absolute atomic E-state index is 0.220. The first-order valence-electron chi connectivity index (χ1n) is 8.20. The van der Waals surface area contributed by atoms with Gasteiger partial charge in [-0.2, -0.15) is 0 Å². The predicted octanol–water partition coefficient (Wildman–Crippen LogP) is 2.47. The summed E-state index contributed by atoms with van der Waals surface area (Å²) in [5, 5.41) is 2.84. The third-order valence-electron chi connectivity index (χ3n) is 3.97. The molecule has 0 aromatic heterocycles. The number of anilines is 1. The summed E-state index contributed by atoms with van der Waals surface area (Å²) >= 11 is 0. The number of amides is 1. The number of benzene rings is 2. The lowest BCUT2D eigenvalue weighted by Crippen LogP contribution is -2.35. The van der Waals surface area contributed by atoms with Crippen molar-refractivity contribution in [1.82, 2.24) is 5.32 Å². The number of rotatable bonds is 7. The Balaban J connectivity index is 1.91. The Labute approximate surface area is 154 Å². The number of carbonyl (C=O) groups is 1. The summed E-state index contributed by atoms with van der Waals surface area (Å²) in [6.07, 6.45) is 0.469. The number of hydrogen-bond acceptors (Lipinski definition) is 4. The fourth-order valence-corrected chi connectivity index (χ4v) is 2.73. The summed E-state index contributed by atoms with van der Waals surface area (Å²) in [4.78, 5) is 12.2. The zero-order valence-corrected chi connectivity index (χ0v) is 16.2. The van der Waals surface area contributed by atoms with E-state index in [4.69, 9.17) is 4.74 Å². The van der Waals surface area contributed by atoms with Crippen molar-refractivity contribution < 1.29 is 17.9 Å². The molecule has 1 unspecified atom stereocenters. The van der Waals surface area contributed by atoms with Crippen LogP contribution in [0.3, 0.4) is 0 Å². The molecule has 2 rings (SSSR count). The molecule has 0 aliphatic carbocycles. The maximum Gasteiger partial charge on any atom is 0.261 e. The fraction of sp³-hybridized carbons (Fsp3) is 0.316. The number of carbonyl (C=O) groups excluding carboxylic acids is 1. The molecule has 26 heavy (non-hydrogen) atoms. The molecule has 1 atom stereocenters. The van der Waals surface area contributed by atoms with Crippen LogP contribution >= 0.6 is 0 Å². The standard InChI is InChI=1S/C19H24N2O4S/c1-14-5-7-16(8-6-14)13-20-19(22)15(2)25-18-11-9-17(10-12-18)21(3)26(4,23)24/h5-12,15H,13H2,1-4H3,(H,20,22). The largest absolute Gasteiger partial charge is 0.481 e. The third kappa shape index (κ3) is 5.49. The second-order valence-electron chi connectivity index (χ2n) is 6.19. The van der Waals surface area contributed by atoms with Crippen LogP contribution in [-0.2, 0) is 21.4 Å². The molecule has 140 valence electrons. The smallest absolute Gasteiger partial charge is 0.261 e. The lowest BCUT2D eigenvalue weighted by Gasteiger charge is -2.18. The van der Waals surface area contributed by atoms with Crippen LogP contribution in [0.25, 0.3) is 0 Å². The van der Waals surface area contributed by atoms with Gasteiger partial charge in [-0.3, -0.25) is 9.10 Å². The third-order valence-corrected chi connectivity index (χ3v) is 5.17. The molecule has 0 saturated heterocycles. The van der Waals surface area contributed by atoms with E-state index in [9.17, 15) is 13.2 Å². The molecule has 2 aromatic rings. The van der Waals surface area contributed by atoms with Crippen molar-refractivity contribution in [2.45, 2.75) is 26.5 Å². The topological polar surface area (TPSA) is 75.7 Å². The van der Waals surface area contributed by atoms with E-state index in [2.05, 4.69) is 5.32 Å². The number of hydrogen-bond donors (Lipinski definition) is 1. The summed E-state index contributed by atoms with van der Waals surface area (Å²) in [7, 11) is -1.83. The quantitative estimate of drug-likeness (QED) is 0.805. The monoisotopic (exact) mass is 376 g/mol. The van der Waals surface area contributed by atoms with E-state index in [0.717, 1.165) is 11.8 Å². The van der Waals surface area contributed by atoms with E-state index >= 15 is 0 Å². The van der Waals surface area contributed by atoms with Crippen LogP contribution in [0, 0.1) is 6.92 Å². The highest BCUT2D eigenvalue weighted by atomic mass is 32.2. The zero-order chi connectivity index (χ0) is 19.3. The summed E-state index contributed by atoms with van der Waals surface area (Å²) in [6, 6.07) is 14.5. The Morgan fingerprint density at radius 3 is 2.23 bits per heavy atom. The lowest BCUT2D eigenvalue weighted by atomic mass is 10.1. The molecule has 1 N–H and O–H groups in total. The minimum atomic E-state index is -3.31. The molecule has 1 amide bonds. The summed E-state index contributed by atoms with van der Waals surface area (Å²) in [6.45, 7) is 4.11. The Kier molecular flexibility index (Phi) is 6.26.